The molecule has 0 bridgehead atoms. The number of halogens is 1. The average Bonchev–Trinajstić information content (AvgIpc) is 2.49. The lowest BCUT2D eigenvalue weighted by molar-refractivity contribution is -0.148. The van der Waals surface area contributed by atoms with E-state index in [1.165, 1.54) is 19.3 Å². The number of piperidine rings is 1. The second kappa shape index (κ2) is 6.37. The highest BCUT2D eigenvalue weighted by Gasteiger charge is 2.41. The molecule has 21 heavy (non-hydrogen) atoms. The monoisotopic (exact) mass is 307 g/mol. The fourth-order valence-electron chi connectivity index (χ4n) is 4.05. The smallest absolute Gasteiger partial charge is 0.320 e. The highest BCUT2D eigenvalue weighted by atomic mass is 35.5. The molecule has 2 fully saturated rings. The molecule has 1 heterocycles. The van der Waals surface area contributed by atoms with E-state index in [2.05, 4.69) is 4.90 Å². The summed E-state index contributed by atoms with van der Waals surface area (Å²) in [7, 11) is 0. The molecule has 1 N–H and O–H groups in total. The van der Waals surface area contributed by atoms with E-state index in [0.29, 0.717) is 18.5 Å². The van der Waals surface area contributed by atoms with Crippen molar-refractivity contribution in [3.8, 4) is 0 Å². The summed E-state index contributed by atoms with van der Waals surface area (Å²) in [6.07, 6.45) is 6.70. The van der Waals surface area contributed by atoms with Crippen molar-refractivity contribution in [3.63, 3.8) is 0 Å². The number of carboxylic acids is 1. The third-order valence-corrected chi connectivity index (χ3v) is 5.47. The highest BCUT2D eigenvalue weighted by molar-refractivity contribution is 6.31. The summed E-state index contributed by atoms with van der Waals surface area (Å²) in [5.74, 6) is -0.0251. The van der Waals surface area contributed by atoms with Crippen LogP contribution in [-0.2, 0) is 11.3 Å². The number of carbonyl (C=O) groups is 1. The Bertz CT molecular complexity index is 519. The molecule has 1 saturated carbocycles. The van der Waals surface area contributed by atoms with Crippen molar-refractivity contribution in [1.29, 1.82) is 0 Å². The van der Waals surface area contributed by atoms with Gasteiger partial charge < -0.3 is 5.11 Å². The molecule has 0 aromatic heterocycles. The molecule has 1 aromatic rings. The van der Waals surface area contributed by atoms with E-state index in [1.807, 2.05) is 24.3 Å². The van der Waals surface area contributed by atoms with Gasteiger partial charge in [0.2, 0.25) is 0 Å². The summed E-state index contributed by atoms with van der Waals surface area (Å²) in [6.45, 7) is 0.651. The van der Waals surface area contributed by atoms with Crippen molar-refractivity contribution in [2.75, 3.05) is 0 Å². The molecule has 4 heteroatoms. The van der Waals surface area contributed by atoms with Gasteiger partial charge >= 0.3 is 5.97 Å². The number of hydrogen-bond donors (Lipinski definition) is 1. The van der Waals surface area contributed by atoms with Gasteiger partial charge in [-0.3, -0.25) is 9.69 Å². The molecular formula is C17H22ClNO2. The molecule has 1 saturated heterocycles. The largest absolute Gasteiger partial charge is 0.480 e. The molecule has 114 valence electrons. The number of rotatable bonds is 3. The molecule has 3 nitrogen and oxygen atoms in total. The van der Waals surface area contributed by atoms with Crippen LogP contribution >= 0.6 is 11.6 Å². The van der Waals surface area contributed by atoms with Crippen LogP contribution in [0.2, 0.25) is 5.02 Å². The van der Waals surface area contributed by atoms with E-state index in [9.17, 15) is 9.90 Å². The molecule has 0 radical (unpaired) electrons. The Morgan fingerprint density at radius 1 is 1.19 bits per heavy atom. The Labute approximate surface area is 130 Å². The van der Waals surface area contributed by atoms with Crippen LogP contribution in [0, 0.1) is 5.92 Å². The molecule has 2 aliphatic rings. The van der Waals surface area contributed by atoms with E-state index < -0.39 is 5.97 Å². The first-order valence-electron chi connectivity index (χ1n) is 7.89. The van der Waals surface area contributed by atoms with Gasteiger partial charge in [-0.05, 0) is 43.2 Å². The minimum Gasteiger partial charge on any atom is -0.480 e. The summed E-state index contributed by atoms with van der Waals surface area (Å²) in [5.41, 5.74) is 1.04. The van der Waals surface area contributed by atoms with Gasteiger partial charge in [0.25, 0.3) is 0 Å². The quantitative estimate of drug-likeness (QED) is 0.919. The van der Waals surface area contributed by atoms with Crippen molar-refractivity contribution in [2.45, 2.75) is 57.2 Å². The van der Waals surface area contributed by atoms with Gasteiger partial charge in [0, 0.05) is 17.6 Å². The molecule has 1 aliphatic heterocycles. The second-order valence-electron chi connectivity index (χ2n) is 6.31. The summed E-state index contributed by atoms with van der Waals surface area (Å²) < 4.78 is 0. The maximum Gasteiger partial charge on any atom is 0.320 e. The zero-order valence-corrected chi connectivity index (χ0v) is 12.9. The van der Waals surface area contributed by atoms with Crippen LogP contribution in [0.3, 0.4) is 0 Å². The van der Waals surface area contributed by atoms with E-state index in [0.717, 1.165) is 29.8 Å². The molecule has 1 aliphatic carbocycles. The minimum atomic E-state index is -0.689. The molecule has 3 rings (SSSR count). The minimum absolute atomic E-state index is 0.361. The number of carboxylic acid groups (broad SMARTS) is 1. The zero-order valence-electron chi connectivity index (χ0n) is 12.2. The van der Waals surface area contributed by atoms with E-state index in [4.69, 9.17) is 11.6 Å². The van der Waals surface area contributed by atoms with Crippen LogP contribution in [-0.4, -0.2) is 28.1 Å². The second-order valence-corrected chi connectivity index (χ2v) is 6.71. The zero-order chi connectivity index (χ0) is 14.8. The first kappa shape index (κ1) is 14.9. The highest BCUT2D eigenvalue weighted by Crippen LogP contribution is 2.39. The Kier molecular flexibility index (Phi) is 4.51. The van der Waals surface area contributed by atoms with E-state index >= 15 is 0 Å². The molecular weight excluding hydrogens is 286 g/mol. The molecule has 3 atom stereocenters. The number of likely N-dealkylation sites (tertiary alicyclic amines) is 1. The van der Waals surface area contributed by atoms with Crippen molar-refractivity contribution in [2.24, 2.45) is 5.92 Å². The van der Waals surface area contributed by atoms with E-state index in [1.54, 1.807) is 0 Å². The van der Waals surface area contributed by atoms with Crippen LogP contribution in [0.25, 0.3) is 0 Å². The summed E-state index contributed by atoms with van der Waals surface area (Å²) in [6, 6.07) is 7.83. The first-order chi connectivity index (χ1) is 10.2. The Morgan fingerprint density at radius 2 is 1.95 bits per heavy atom. The van der Waals surface area contributed by atoms with Gasteiger partial charge in [-0.15, -0.1) is 0 Å². The van der Waals surface area contributed by atoms with Gasteiger partial charge in [-0.2, -0.15) is 0 Å². The lowest BCUT2D eigenvalue weighted by Crippen LogP contribution is -2.54. The molecule has 3 unspecified atom stereocenters. The Morgan fingerprint density at radius 3 is 2.71 bits per heavy atom. The summed E-state index contributed by atoms with van der Waals surface area (Å²) in [5, 5.41) is 10.3. The summed E-state index contributed by atoms with van der Waals surface area (Å²) in [4.78, 5) is 13.8. The number of benzene rings is 1. The average molecular weight is 308 g/mol. The van der Waals surface area contributed by atoms with Gasteiger partial charge in [-0.25, -0.2) is 0 Å². The van der Waals surface area contributed by atoms with Crippen molar-refractivity contribution in [1.82, 2.24) is 4.90 Å². The number of nitrogens with zero attached hydrogens (tertiary/aromatic N) is 1. The van der Waals surface area contributed by atoms with Gasteiger partial charge in [0.15, 0.2) is 0 Å². The topological polar surface area (TPSA) is 40.5 Å². The Hall–Kier alpha value is -1.06. The van der Waals surface area contributed by atoms with Crippen LogP contribution in [0.1, 0.15) is 44.1 Å². The normalized spacial score (nSPS) is 29.9. The van der Waals surface area contributed by atoms with Crippen molar-refractivity contribution in [3.05, 3.63) is 34.9 Å². The van der Waals surface area contributed by atoms with Gasteiger partial charge in [0.05, 0.1) is 0 Å². The number of hydrogen-bond acceptors (Lipinski definition) is 2. The van der Waals surface area contributed by atoms with Crippen LogP contribution < -0.4 is 0 Å². The van der Waals surface area contributed by atoms with Crippen LogP contribution in [0.4, 0.5) is 0 Å². The van der Waals surface area contributed by atoms with Gasteiger partial charge in [-0.1, -0.05) is 42.6 Å². The third kappa shape index (κ3) is 3.09. The fraction of sp³-hybridized carbons (Fsp3) is 0.588. The number of fused-ring (bicyclic) bond motifs is 1. The Balaban J connectivity index is 1.85. The first-order valence-corrected chi connectivity index (χ1v) is 8.26. The summed E-state index contributed by atoms with van der Waals surface area (Å²) >= 11 is 6.27. The molecule has 0 amide bonds. The van der Waals surface area contributed by atoms with Crippen LogP contribution in [0.5, 0.6) is 0 Å². The van der Waals surface area contributed by atoms with Gasteiger partial charge in [0.1, 0.15) is 6.04 Å². The maximum atomic E-state index is 11.6. The maximum absolute atomic E-state index is 11.6. The fourth-order valence-corrected chi connectivity index (χ4v) is 4.24. The lowest BCUT2D eigenvalue weighted by atomic mass is 9.76. The molecule has 1 aromatic carbocycles. The lowest BCUT2D eigenvalue weighted by Gasteiger charge is -2.47. The number of aliphatic carboxylic acids is 1. The molecule has 0 spiro atoms. The predicted molar refractivity (Wildman–Crippen MR) is 83.4 cm³/mol. The SMILES string of the molecule is O=C(O)C1CCC2CCCCC2N1Cc1ccccc1Cl. The predicted octanol–water partition coefficient (Wildman–Crippen LogP) is 3.95. The van der Waals surface area contributed by atoms with Crippen molar-refractivity contribution >= 4 is 17.6 Å². The van der Waals surface area contributed by atoms with E-state index in [-0.39, 0.29) is 6.04 Å². The standard InChI is InChI=1S/C17H22ClNO2/c18-14-7-3-1-6-13(14)11-19-15-8-4-2-5-12(15)9-10-16(19)17(20)21/h1,3,6-7,12,15-16H,2,4-5,8-11H2,(H,20,21). The van der Waals surface area contributed by atoms with Crippen LogP contribution in [0.15, 0.2) is 24.3 Å². The third-order valence-electron chi connectivity index (χ3n) is 5.10. The van der Waals surface area contributed by atoms with Crippen molar-refractivity contribution < 1.29 is 9.90 Å².